The van der Waals surface area contributed by atoms with Gasteiger partial charge in [-0.2, -0.15) is 0 Å². The van der Waals surface area contributed by atoms with Gasteiger partial charge in [0, 0.05) is 5.69 Å². The number of carboxylic acid groups (broad SMARTS) is 1. The van der Waals surface area contributed by atoms with Gasteiger partial charge in [0.05, 0.1) is 0 Å². The molecule has 2 heterocycles. The van der Waals surface area contributed by atoms with E-state index in [4.69, 9.17) is 14.6 Å². The first-order valence-corrected chi connectivity index (χ1v) is 4.19. The summed E-state index contributed by atoms with van der Waals surface area (Å²) in [6, 6.07) is 1.47. The van der Waals surface area contributed by atoms with Gasteiger partial charge < -0.3 is 14.6 Å². The minimum Gasteiger partial charge on any atom is -0.484 e. The van der Waals surface area contributed by atoms with Gasteiger partial charge in [0.1, 0.15) is 18.8 Å². The second-order valence-electron chi connectivity index (χ2n) is 2.95. The zero-order chi connectivity index (χ0) is 10.1. The Balaban J connectivity index is 2.58. The van der Waals surface area contributed by atoms with Crippen molar-refractivity contribution in [2.45, 2.75) is 6.92 Å². The minimum atomic E-state index is -1.03. The lowest BCUT2D eigenvalue weighted by Crippen LogP contribution is -2.19. The highest BCUT2D eigenvalue weighted by molar-refractivity contribution is 5.91. The average Bonchev–Trinajstić information content (AvgIpc) is 2.16. The Labute approximate surface area is 80.3 Å². The van der Waals surface area contributed by atoms with E-state index in [2.05, 4.69) is 4.98 Å². The van der Waals surface area contributed by atoms with Gasteiger partial charge in [-0.05, 0) is 13.0 Å². The van der Waals surface area contributed by atoms with Crippen molar-refractivity contribution >= 4 is 5.97 Å². The van der Waals surface area contributed by atoms with E-state index in [0.29, 0.717) is 18.9 Å². The lowest BCUT2D eigenvalue weighted by atomic mass is 10.2. The van der Waals surface area contributed by atoms with Crippen LogP contribution in [0.3, 0.4) is 0 Å². The first-order valence-electron chi connectivity index (χ1n) is 4.19. The van der Waals surface area contributed by atoms with Crippen molar-refractivity contribution in [3.8, 4) is 11.6 Å². The zero-order valence-electron chi connectivity index (χ0n) is 7.61. The molecular weight excluding hydrogens is 186 g/mol. The van der Waals surface area contributed by atoms with Crippen LogP contribution in [0.1, 0.15) is 16.1 Å². The van der Waals surface area contributed by atoms with E-state index in [1.807, 2.05) is 0 Å². The van der Waals surface area contributed by atoms with Crippen molar-refractivity contribution in [1.82, 2.24) is 4.98 Å². The molecule has 1 N–H and O–H groups in total. The Hall–Kier alpha value is -1.78. The number of hydrogen-bond donors (Lipinski definition) is 1. The predicted molar refractivity (Wildman–Crippen MR) is 46.9 cm³/mol. The lowest BCUT2D eigenvalue weighted by molar-refractivity contribution is 0.0684. The number of carboxylic acids is 1. The van der Waals surface area contributed by atoms with Crippen LogP contribution in [0, 0.1) is 6.92 Å². The number of pyridine rings is 1. The summed E-state index contributed by atoms with van der Waals surface area (Å²) >= 11 is 0. The standard InChI is InChI=1S/C9H9NO4/c1-5-4-6(9(11)12)7-8(10-5)14-3-2-13-7/h4H,2-3H2,1H3,(H,11,12). The van der Waals surface area contributed by atoms with Crippen molar-refractivity contribution in [3.05, 3.63) is 17.3 Å². The van der Waals surface area contributed by atoms with Crippen LogP contribution in [-0.4, -0.2) is 29.3 Å². The van der Waals surface area contributed by atoms with Gasteiger partial charge in [0.25, 0.3) is 5.88 Å². The molecule has 0 amide bonds. The van der Waals surface area contributed by atoms with E-state index in [1.165, 1.54) is 6.07 Å². The largest absolute Gasteiger partial charge is 0.484 e. The van der Waals surface area contributed by atoms with Gasteiger partial charge in [-0.3, -0.25) is 0 Å². The summed E-state index contributed by atoms with van der Waals surface area (Å²) in [6.07, 6.45) is 0. The zero-order valence-corrected chi connectivity index (χ0v) is 7.61. The molecule has 1 aliphatic heterocycles. The van der Waals surface area contributed by atoms with Crippen LogP contribution in [0.2, 0.25) is 0 Å². The molecule has 1 aliphatic rings. The summed E-state index contributed by atoms with van der Waals surface area (Å²) in [4.78, 5) is 14.9. The quantitative estimate of drug-likeness (QED) is 0.719. The van der Waals surface area contributed by atoms with E-state index in [9.17, 15) is 4.79 Å². The van der Waals surface area contributed by atoms with Crippen LogP contribution in [0.4, 0.5) is 0 Å². The van der Waals surface area contributed by atoms with Crippen molar-refractivity contribution in [3.63, 3.8) is 0 Å². The molecule has 0 fully saturated rings. The molecule has 1 aromatic heterocycles. The van der Waals surface area contributed by atoms with Gasteiger partial charge in [-0.1, -0.05) is 0 Å². The molecule has 0 radical (unpaired) electrons. The van der Waals surface area contributed by atoms with E-state index in [1.54, 1.807) is 6.92 Å². The van der Waals surface area contributed by atoms with Crippen LogP contribution in [0.15, 0.2) is 6.07 Å². The van der Waals surface area contributed by atoms with Crippen LogP contribution < -0.4 is 9.47 Å². The molecule has 5 nitrogen and oxygen atoms in total. The number of rotatable bonds is 1. The number of carbonyl (C=O) groups is 1. The molecule has 1 aromatic rings. The predicted octanol–water partition coefficient (Wildman–Crippen LogP) is 0.859. The van der Waals surface area contributed by atoms with Crippen LogP contribution in [0.25, 0.3) is 0 Å². The van der Waals surface area contributed by atoms with Gasteiger partial charge >= 0.3 is 5.97 Å². The Morgan fingerprint density at radius 3 is 2.93 bits per heavy atom. The van der Waals surface area contributed by atoms with E-state index >= 15 is 0 Å². The molecule has 0 atom stereocenters. The molecule has 0 unspecified atom stereocenters. The van der Waals surface area contributed by atoms with Crippen molar-refractivity contribution in [1.29, 1.82) is 0 Å². The molecule has 5 heteroatoms. The molecular formula is C9H9NO4. The lowest BCUT2D eigenvalue weighted by Gasteiger charge is -2.18. The van der Waals surface area contributed by atoms with Gasteiger partial charge in [-0.15, -0.1) is 0 Å². The molecule has 0 saturated carbocycles. The summed E-state index contributed by atoms with van der Waals surface area (Å²) in [5.41, 5.74) is 0.707. The van der Waals surface area contributed by atoms with Crippen LogP contribution in [-0.2, 0) is 0 Å². The summed E-state index contributed by atoms with van der Waals surface area (Å²) in [5, 5.41) is 8.90. The molecule has 0 bridgehead atoms. The van der Waals surface area contributed by atoms with Crippen molar-refractivity contribution < 1.29 is 19.4 Å². The first kappa shape index (κ1) is 8.80. The molecule has 0 spiro atoms. The number of aromatic carboxylic acids is 1. The third-order valence-corrected chi connectivity index (χ3v) is 1.87. The Morgan fingerprint density at radius 2 is 2.21 bits per heavy atom. The van der Waals surface area contributed by atoms with Crippen LogP contribution in [0.5, 0.6) is 11.6 Å². The van der Waals surface area contributed by atoms with Crippen molar-refractivity contribution in [2.24, 2.45) is 0 Å². The highest BCUT2D eigenvalue weighted by atomic mass is 16.6. The van der Waals surface area contributed by atoms with Crippen molar-refractivity contribution in [2.75, 3.05) is 13.2 Å². The van der Waals surface area contributed by atoms with Gasteiger partial charge in [0.2, 0.25) is 0 Å². The number of aryl methyl sites for hydroxylation is 1. The number of fused-ring (bicyclic) bond motifs is 1. The smallest absolute Gasteiger partial charge is 0.339 e. The Morgan fingerprint density at radius 1 is 1.50 bits per heavy atom. The van der Waals surface area contributed by atoms with E-state index in [-0.39, 0.29) is 17.2 Å². The normalized spacial score (nSPS) is 13.8. The third kappa shape index (κ3) is 1.37. The van der Waals surface area contributed by atoms with E-state index in [0.717, 1.165) is 0 Å². The van der Waals surface area contributed by atoms with Gasteiger partial charge in [0.15, 0.2) is 5.75 Å². The van der Waals surface area contributed by atoms with Gasteiger partial charge in [-0.25, -0.2) is 9.78 Å². The maximum Gasteiger partial charge on any atom is 0.339 e. The van der Waals surface area contributed by atoms with E-state index < -0.39 is 5.97 Å². The third-order valence-electron chi connectivity index (χ3n) is 1.87. The number of hydrogen-bond acceptors (Lipinski definition) is 4. The monoisotopic (exact) mass is 195 g/mol. The Bertz CT molecular complexity index is 389. The molecule has 14 heavy (non-hydrogen) atoms. The summed E-state index contributed by atoms with van der Waals surface area (Å²) in [7, 11) is 0. The Kier molecular flexibility index (Phi) is 1.99. The van der Waals surface area contributed by atoms with Crippen LogP contribution >= 0.6 is 0 Å². The summed E-state index contributed by atoms with van der Waals surface area (Å²) in [5.74, 6) is -0.528. The molecule has 0 saturated heterocycles. The summed E-state index contributed by atoms with van der Waals surface area (Å²) in [6.45, 7) is 2.48. The second-order valence-corrected chi connectivity index (χ2v) is 2.95. The minimum absolute atomic E-state index is 0.104. The highest BCUT2D eigenvalue weighted by Crippen LogP contribution is 2.32. The molecule has 0 aliphatic carbocycles. The molecule has 0 aromatic carbocycles. The maximum absolute atomic E-state index is 10.9. The molecule has 2 rings (SSSR count). The average molecular weight is 195 g/mol. The second kappa shape index (κ2) is 3.17. The highest BCUT2D eigenvalue weighted by Gasteiger charge is 2.22. The SMILES string of the molecule is Cc1cc(C(=O)O)c2c(n1)OCCO2. The number of aromatic nitrogens is 1. The molecule has 74 valence electrons. The number of nitrogens with zero attached hydrogens (tertiary/aromatic N) is 1. The first-order chi connectivity index (χ1) is 6.68. The topological polar surface area (TPSA) is 68.7 Å². The summed E-state index contributed by atoms with van der Waals surface area (Å²) < 4.78 is 10.4. The fourth-order valence-electron chi connectivity index (χ4n) is 1.31. The fourth-order valence-corrected chi connectivity index (χ4v) is 1.31. The fraction of sp³-hybridized carbons (Fsp3) is 0.333. The maximum atomic E-state index is 10.9. The number of ether oxygens (including phenoxy) is 2.